The average molecular weight is 347 g/mol. The highest BCUT2D eigenvalue weighted by Gasteiger charge is 2.16. The highest BCUT2D eigenvalue weighted by atomic mass is 16.6. The van der Waals surface area contributed by atoms with Crippen LogP contribution in [0, 0.1) is 0 Å². The Labute approximate surface area is 151 Å². The molecule has 0 aliphatic carbocycles. The molecule has 0 fully saturated rings. The predicted octanol–water partition coefficient (Wildman–Crippen LogP) is 4.50. The van der Waals surface area contributed by atoms with Crippen molar-refractivity contribution in [3.8, 4) is 23.0 Å². The first-order valence-corrected chi connectivity index (χ1v) is 8.32. The van der Waals surface area contributed by atoms with Gasteiger partial charge in [-0.15, -0.1) is 0 Å². The average Bonchev–Trinajstić information content (AvgIpc) is 2.69. The van der Waals surface area contributed by atoms with Gasteiger partial charge >= 0.3 is 0 Å². The Hall–Kier alpha value is -3.47. The number of ether oxygens (including phenoxy) is 3. The maximum absolute atomic E-state index is 12.7. The summed E-state index contributed by atoms with van der Waals surface area (Å²) in [5, 5.41) is 2.88. The fourth-order valence-electron chi connectivity index (χ4n) is 2.68. The number of para-hydroxylation sites is 2. The van der Waals surface area contributed by atoms with Crippen LogP contribution in [-0.4, -0.2) is 19.1 Å². The van der Waals surface area contributed by atoms with Crippen molar-refractivity contribution in [2.24, 2.45) is 0 Å². The highest BCUT2D eigenvalue weighted by Crippen LogP contribution is 2.33. The molecule has 3 aromatic carbocycles. The predicted molar refractivity (Wildman–Crippen MR) is 98.3 cm³/mol. The summed E-state index contributed by atoms with van der Waals surface area (Å²) in [6, 6.07) is 21.8. The molecular formula is C21H17NO4. The van der Waals surface area contributed by atoms with E-state index >= 15 is 0 Å². The van der Waals surface area contributed by atoms with Crippen LogP contribution in [0.1, 0.15) is 10.4 Å². The molecule has 0 bridgehead atoms. The Morgan fingerprint density at radius 3 is 2.42 bits per heavy atom. The Balaban J connectivity index is 1.55. The normalized spacial score (nSPS) is 12.3. The van der Waals surface area contributed by atoms with Crippen LogP contribution in [0.3, 0.4) is 0 Å². The van der Waals surface area contributed by atoms with Crippen molar-refractivity contribution in [1.82, 2.24) is 0 Å². The first kappa shape index (κ1) is 16.0. The number of amides is 1. The lowest BCUT2D eigenvalue weighted by Gasteiger charge is -2.19. The molecule has 1 aliphatic rings. The summed E-state index contributed by atoms with van der Waals surface area (Å²) in [7, 11) is 0. The quantitative estimate of drug-likeness (QED) is 0.755. The van der Waals surface area contributed by atoms with Crippen molar-refractivity contribution < 1.29 is 19.0 Å². The van der Waals surface area contributed by atoms with Crippen molar-refractivity contribution in [3.63, 3.8) is 0 Å². The number of anilines is 1. The summed E-state index contributed by atoms with van der Waals surface area (Å²) in [6.07, 6.45) is 0. The van der Waals surface area contributed by atoms with Crippen molar-refractivity contribution in [2.45, 2.75) is 0 Å². The summed E-state index contributed by atoms with van der Waals surface area (Å²) in [5.74, 6) is 2.22. The molecule has 0 aromatic heterocycles. The van der Waals surface area contributed by atoms with Crippen molar-refractivity contribution in [3.05, 3.63) is 78.4 Å². The summed E-state index contributed by atoms with van der Waals surface area (Å²) < 4.78 is 16.9. The van der Waals surface area contributed by atoms with Crippen molar-refractivity contribution in [1.29, 1.82) is 0 Å². The van der Waals surface area contributed by atoms with Gasteiger partial charge in [0.2, 0.25) is 0 Å². The molecule has 0 saturated heterocycles. The van der Waals surface area contributed by atoms with E-state index in [0.29, 0.717) is 47.5 Å². The van der Waals surface area contributed by atoms with Gasteiger partial charge in [0.15, 0.2) is 11.5 Å². The fourth-order valence-corrected chi connectivity index (χ4v) is 2.68. The van der Waals surface area contributed by atoms with E-state index in [1.165, 1.54) is 0 Å². The zero-order chi connectivity index (χ0) is 17.8. The Bertz CT molecular complexity index is 924. The standard InChI is InChI=1S/C21H17NO4/c23-21(22-15-10-11-19-20(14-15)25-13-12-24-19)17-8-4-5-9-18(17)26-16-6-2-1-3-7-16/h1-11,14H,12-13H2,(H,22,23). The summed E-state index contributed by atoms with van der Waals surface area (Å²) in [4.78, 5) is 12.7. The maximum atomic E-state index is 12.7. The molecule has 0 saturated carbocycles. The number of benzene rings is 3. The van der Waals surface area contributed by atoms with Gasteiger partial charge in [-0.1, -0.05) is 30.3 Å². The molecule has 3 aromatic rings. The number of hydrogen-bond acceptors (Lipinski definition) is 4. The molecule has 130 valence electrons. The van der Waals surface area contributed by atoms with Crippen LogP contribution in [0.5, 0.6) is 23.0 Å². The number of carbonyl (C=O) groups is 1. The molecule has 5 heteroatoms. The van der Waals surface area contributed by atoms with Crippen molar-refractivity contribution in [2.75, 3.05) is 18.5 Å². The first-order chi connectivity index (χ1) is 12.8. The topological polar surface area (TPSA) is 56.8 Å². The molecule has 0 spiro atoms. The molecule has 1 N–H and O–H groups in total. The van der Waals surface area contributed by atoms with Gasteiger partial charge in [-0.2, -0.15) is 0 Å². The second-order valence-corrected chi connectivity index (χ2v) is 5.72. The van der Waals surface area contributed by atoms with Gasteiger partial charge in [0.25, 0.3) is 5.91 Å². The summed E-state index contributed by atoms with van der Waals surface area (Å²) >= 11 is 0. The van der Waals surface area contributed by atoms with Crippen LogP contribution in [0.4, 0.5) is 5.69 Å². The molecule has 4 rings (SSSR count). The van der Waals surface area contributed by atoms with E-state index in [4.69, 9.17) is 14.2 Å². The van der Waals surface area contributed by atoms with E-state index in [1.54, 1.807) is 36.4 Å². The number of nitrogens with one attached hydrogen (secondary N) is 1. The third-order valence-corrected chi connectivity index (χ3v) is 3.90. The zero-order valence-corrected chi connectivity index (χ0v) is 14.0. The molecule has 1 amide bonds. The smallest absolute Gasteiger partial charge is 0.259 e. The SMILES string of the molecule is O=C(Nc1ccc2c(c1)OCCO2)c1ccccc1Oc1ccccc1. The minimum atomic E-state index is -0.256. The van der Waals surface area contributed by atoms with Gasteiger partial charge in [-0.3, -0.25) is 4.79 Å². The van der Waals surface area contributed by atoms with E-state index in [0.717, 1.165) is 0 Å². The van der Waals surface area contributed by atoms with E-state index in [1.807, 2.05) is 36.4 Å². The molecular weight excluding hydrogens is 330 g/mol. The third kappa shape index (κ3) is 3.47. The number of rotatable bonds is 4. The molecule has 0 atom stereocenters. The number of hydrogen-bond donors (Lipinski definition) is 1. The lowest BCUT2D eigenvalue weighted by atomic mass is 10.1. The third-order valence-electron chi connectivity index (χ3n) is 3.90. The van der Waals surface area contributed by atoms with E-state index in [9.17, 15) is 4.79 Å². The van der Waals surface area contributed by atoms with E-state index < -0.39 is 0 Å². The van der Waals surface area contributed by atoms with Crippen LogP contribution in [0.25, 0.3) is 0 Å². The fraction of sp³-hybridized carbons (Fsp3) is 0.0952. The highest BCUT2D eigenvalue weighted by molar-refractivity contribution is 6.06. The second kappa shape index (κ2) is 7.19. The van der Waals surface area contributed by atoms with Gasteiger partial charge in [0.1, 0.15) is 24.7 Å². The summed E-state index contributed by atoms with van der Waals surface area (Å²) in [5.41, 5.74) is 1.08. The Morgan fingerprint density at radius 2 is 1.58 bits per heavy atom. The Kier molecular flexibility index (Phi) is 4.43. The Morgan fingerprint density at radius 1 is 0.846 bits per heavy atom. The zero-order valence-electron chi connectivity index (χ0n) is 14.0. The molecule has 0 unspecified atom stereocenters. The van der Waals surface area contributed by atoms with Crippen molar-refractivity contribution >= 4 is 11.6 Å². The molecule has 1 aliphatic heterocycles. The number of carbonyl (C=O) groups excluding carboxylic acids is 1. The van der Waals surface area contributed by atoms with E-state index in [2.05, 4.69) is 5.32 Å². The number of fused-ring (bicyclic) bond motifs is 1. The van der Waals surface area contributed by atoms with Crippen LogP contribution in [-0.2, 0) is 0 Å². The maximum Gasteiger partial charge on any atom is 0.259 e. The van der Waals surface area contributed by atoms with Crippen LogP contribution in [0.15, 0.2) is 72.8 Å². The van der Waals surface area contributed by atoms with Gasteiger partial charge in [0.05, 0.1) is 5.56 Å². The minimum Gasteiger partial charge on any atom is -0.486 e. The molecule has 1 heterocycles. The van der Waals surface area contributed by atoms with Gasteiger partial charge in [-0.25, -0.2) is 0 Å². The summed E-state index contributed by atoms with van der Waals surface area (Å²) in [6.45, 7) is 1.03. The van der Waals surface area contributed by atoms with Gasteiger partial charge < -0.3 is 19.5 Å². The van der Waals surface area contributed by atoms with E-state index in [-0.39, 0.29) is 5.91 Å². The second-order valence-electron chi connectivity index (χ2n) is 5.72. The first-order valence-electron chi connectivity index (χ1n) is 8.32. The molecule has 0 radical (unpaired) electrons. The minimum absolute atomic E-state index is 0.256. The lowest BCUT2D eigenvalue weighted by Crippen LogP contribution is -2.16. The van der Waals surface area contributed by atoms with Gasteiger partial charge in [-0.05, 0) is 36.4 Å². The van der Waals surface area contributed by atoms with Crippen LogP contribution >= 0.6 is 0 Å². The van der Waals surface area contributed by atoms with Gasteiger partial charge in [0, 0.05) is 11.8 Å². The van der Waals surface area contributed by atoms with Crippen LogP contribution in [0.2, 0.25) is 0 Å². The molecule has 5 nitrogen and oxygen atoms in total. The lowest BCUT2D eigenvalue weighted by molar-refractivity contribution is 0.102. The van der Waals surface area contributed by atoms with Crippen LogP contribution < -0.4 is 19.5 Å². The molecule has 26 heavy (non-hydrogen) atoms. The monoisotopic (exact) mass is 347 g/mol. The largest absolute Gasteiger partial charge is 0.486 e.